The zero-order valence-electron chi connectivity index (χ0n) is 23.0. The van der Waals surface area contributed by atoms with E-state index in [0.29, 0.717) is 49.5 Å². The number of nitrogens with zero attached hydrogens (tertiary/aromatic N) is 1. The summed E-state index contributed by atoms with van der Waals surface area (Å²) < 4.78 is 5.84. The first-order valence-corrected chi connectivity index (χ1v) is 13.6. The molecule has 0 heterocycles. The monoisotopic (exact) mass is 523 g/mol. The molecule has 8 nitrogen and oxygen atoms in total. The zero-order chi connectivity index (χ0) is 27.7. The lowest BCUT2D eigenvalue weighted by molar-refractivity contribution is -0.148. The van der Waals surface area contributed by atoms with E-state index in [4.69, 9.17) is 4.74 Å². The summed E-state index contributed by atoms with van der Waals surface area (Å²) in [6, 6.07) is 13.2. The Morgan fingerprint density at radius 2 is 1.82 bits per heavy atom. The van der Waals surface area contributed by atoms with Crippen LogP contribution in [0, 0.1) is 0 Å². The predicted octanol–water partition coefficient (Wildman–Crippen LogP) is 5.82. The Balaban J connectivity index is 1.89. The number of ketones is 1. The van der Waals surface area contributed by atoms with E-state index >= 15 is 0 Å². The minimum absolute atomic E-state index is 0.104. The molecule has 0 spiro atoms. The molecule has 0 bridgehead atoms. The van der Waals surface area contributed by atoms with Gasteiger partial charge in [-0.25, -0.2) is 9.59 Å². The number of anilines is 1. The Labute approximate surface area is 225 Å². The molecule has 206 valence electrons. The van der Waals surface area contributed by atoms with Crippen molar-refractivity contribution in [3.63, 3.8) is 0 Å². The second kappa shape index (κ2) is 13.3. The fourth-order valence-electron chi connectivity index (χ4n) is 4.95. The number of amides is 2. The van der Waals surface area contributed by atoms with Crippen LogP contribution in [0.3, 0.4) is 0 Å². The van der Waals surface area contributed by atoms with Crippen LogP contribution in [-0.2, 0) is 11.2 Å². The summed E-state index contributed by atoms with van der Waals surface area (Å²) in [6.07, 6.45) is 4.18. The predicted molar refractivity (Wildman–Crippen MR) is 149 cm³/mol. The van der Waals surface area contributed by atoms with Crippen LogP contribution in [0.5, 0.6) is 5.75 Å². The van der Waals surface area contributed by atoms with Gasteiger partial charge in [0.25, 0.3) is 0 Å². The molecule has 0 radical (unpaired) electrons. The second-order valence-corrected chi connectivity index (χ2v) is 9.94. The molecule has 1 aliphatic rings. The van der Waals surface area contributed by atoms with Gasteiger partial charge in [-0.3, -0.25) is 4.79 Å². The van der Waals surface area contributed by atoms with Crippen molar-refractivity contribution in [2.45, 2.75) is 77.8 Å². The van der Waals surface area contributed by atoms with E-state index in [1.54, 1.807) is 4.90 Å². The molecule has 1 saturated carbocycles. The van der Waals surface area contributed by atoms with Gasteiger partial charge in [-0.2, -0.15) is 0 Å². The van der Waals surface area contributed by atoms with Gasteiger partial charge in [0.15, 0.2) is 5.78 Å². The molecule has 38 heavy (non-hydrogen) atoms. The highest BCUT2D eigenvalue weighted by Crippen LogP contribution is 2.36. The van der Waals surface area contributed by atoms with E-state index in [1.807, 2.05) is 51.1 Å². The standard InChI is InChI=1S/C30H41N3O5/c1-5-31-25-19-24(20-26(38-6-2)27(25)22(4)34)21(3)33(18-11-10-15-23-13-8-7-9-14-23)29(37)32-30(28(35)36)16-12-17-30/h7-9,13-14,19-21,31H,5-6,10-12,15-18H2,1-4H3,(H,32,37)(H,35,36). The molecule has 1 unspecified atom stereocenters. The maximum absolute atomic E-state index is 13.6. The summed E-state index contributed by atoms with van der Waals surface area (Å²) in [6.45, 7) is 8.74. The van der Waals surface area contributed by atoms with Crippen molar-refractivity contribution in [2.24, 2.45) is 0 Å². The first kappa shape index (κ1) is 29.0. The number of urea groups is 1. The third-order valence-corrected chi connectivity index (χ3v) is 7.27. The number of unbranched alkanes of at least 4 members (excludes halogenated alkanes) is 1. The highest BCUT2D eigenvalue weighted by atomic mass is 16.5. The number of carboxylic acid groups (broad SMARTS) is 1. The Kier molecular flexibility index (Phi) is 10.2. The number of rotatable bonds is 14. The Morgan fingerprint density at radius 3 is 2.37 bits per heavy atom. The van der Waals surface area contributed by atoms with E-state index in [0.717, 1.165) is 31.2 Å². The van der Waals surface area contributed by atoms with Gasteiger partial charge < -0.3 is 25.4 Å². The van der Waals surface area contributed by atoms with Crippen molar-refractivity contribution in [2.75, 3.05) is 25.0 Å². The Bertz CT molecular complexity index is 1090. The van der Waals surface area contributed by atoms with Crippen LogP contribution in [0.25, 0.3) is 0 Å². The molecule has 2 aromatic carbocycles. The van der Waals surface area contributed by atoms with Gasteiger partial charge in [-0.1, -0.05) is 30.3 Å². The number of aryl methyl sites for hydroxylation is 1. The van der Waals surface area contributed by atoms with Crippen LogP contribution in [0.2, 0.25) is 0 Å². The van der Waals surface area contributed by atoms with Crippen molar-refractivity contribution in [3.05, 3.63) is 59.2 Å². The minimum Gasteiger partial charge on any atom is -0.493 e. The van der Waals surface area contributed by atoms with Crippen LogP contribution in [-0.4, -0.2) is 53.0 Å². The highest BCUT2D eigenvalue weighted by Gasteiger charge is 2.46. The first-order valence-electron chi connectivity index (χ1n) is 13.6. The minimum atomic E-state index is -1.21. The number of Topliss-reactive ketones (excluding diaryl/α,β-unsaturated/α-hetero) is 1. The lowest BCUT2D eigenvalue weighted by Crippen LogP contribution is -2.61. The smallest absolute Gasteiger partial charge is 0.329 e. The van der Waals surface area contributed by atoms with Crippen LogP contribution in [0.1, 0.15) is 87.3 Å². The normalized spacial score (nSPS) is 14.6. The molecule has 0 saturated heterocycles. The lowest BCUT2D eigenvalue weighted by Gasteiger charge is -2.41. The van der Waals surface area contributed by atoms with E-state index < -0.39 is 17.5 Å². The van der Waals surface area contributed by atoms with Gasteiger partial charge in [0.2, 0.25) is 0 Å². The largest absolute Gasteiger partial charge is 0.493 e. The second-order valence-electron chi connectivity index (χ2n) is 9.94. The van der Waals surface area contributed by atoms with Crippen LogP contribution < -0.4 is 15.4 Å². The molecule has 0 aromatic heterocycles. The molecule has 0 aliphatic heterocycles. The summed E-state index contributed by atoms with van der Waals surface area (Å²) in [4.78, 5) is 39.7. The molecule has 2 aromatic rings. The number of carbonyl (C=O) groups is 3. The number of carbonyl (C=O) groups excluding carboxylic acids is 2. The number of hydrogen-bond acceptors (Lipinski definition) is 5. The number of carboxylic acids is 1. The van der Waals surface area contributed by atoms with Crippen molar-refractivity contribution >= 4 is 23.5 Å². The molecule has 2 amide bonds. The molecular weight excluding hydrogens is 482 g/mol. The fourth-order valence-corrected chi connectivity index (χ4v) is 4.95. The van der Waals surface area contributed by atoms with Gasteiger partial charge in [0.05, 0.1) is 18.2 Å². The molecule has 1 aliphatic carbocycles. The van der Waals surface area contributed by atoms with Crippen LogP contribution >= 0.6 is 0 Å². The molecule has 1 fully saturated rings. The van der Waals surface area contributed by atoms with E-state index in [1.165, 1.54) is 12.5 Å². The van der Waals surface area contributed by atoms with Crippen molar-refractivity contribution < 1.29 is 24.2 Å². The summed E-state index contributed by atoms with van der Waals surface area (Å²) in [7, 11) is 0. The first-order chi connectivity index (χ1) is 18.2. The average Bonchev–Trinajstić information content (AvgIpc) is 2.86. The third kappa shape index (κ3) is 6.85. The lowest BCUT2D eigenvalue weighted by atomic mass is 9.77. The Hall–Kier alpha value is -3.55. The topological polar surface area (TPSA) is 108 Å². The number of benzene rings is 2. The summed E-state index contributed by atoms with van der Waals surface area (Å²) in [5.74, 6) is -0.620. The summed E-state index contributed by atoms with van der Waals surface area (Å²) >= 11 is 0. The van der Waals surface area contributed by atoms with E-state index in [-0.39, 0.29) is 11.8 Å². The van der Waals surface area contributed by atoms with Crippen molar-refractivity contribution in [1.82, 2.24) is 10.2 Å². The number of ether oxygens (including phenoxy) is 1. The quantitative estimate of drug-likeness (QED) is 0.213. The highest BCUT2D eigenvalue weighted by molar-refractivity contribution is 6.02. The van der Waals surface area contributed by atoms with Crippen LogP contribution in [0.15, 0.2) is 42.5 Å². The van der Waals surface area contributed by atoms with Crippen molar-refractivity contribution in [1.29, 1.82) is 0 Å². The maximum atomic E-state index is 13.6. The molecule has 1 atom stereocenters. The SMILES string of the molecule is CCNc1cc(C(C)N(CCCCc2ccccc2)C(=O)NC2(C(=O)O)CCC2)cc(OCC)c1C(C)=O. The number of hydrogen-bond donors (Lipinski definition) is 3. The van der Waals surface area contributed by atoms with Gasteiger partial charge >= 0.3 is 12.0 Å². The van der Waals surface area contributed by atoms with Crippen LogP contribution in [0.4, 0.5) is 10.5 Å². The van der Waals surface area contributed by atoms with Gasteiger partial charge in [0.1, 0.15) is 11.3 Å². The zero-order valence-corrected chi connectivity index (χ0v) is 23.0. The molecular formula is C30H41N3O5. The maximum Gasteiger partial charge on any atom is 0.329 e. The average molecular weight is 524 g/mol. The fraction of sp³-hybridized carbons (Fsp3) is 0.500. The van der Waals surface area contributed by atoms with Crippen molar-refractivity contribution in [3.8, 4) is 5.75 Å². The van der Waals surface area contributed by atoms with E-state index in [9.17, 15) is 19.5 Å². The third-order valence-electron chi connectivity index (χ3n) is 7.27. The molecule has 3 N–H and O–H groups in total. The van der Waals surface area contributed by atoms with E-state index in [2.05, 4.69) is 22.8 Å². The van der Waals surface area contributed by atoms with Gasteiger partial charge in [-0.05, 0) is 89.5 Å². The molecule has 3 rings (SSSR count). The molecule has 8 heteroatoms. The summed E-state index contributed by atoms with van der Waals surface area (Å²) in [5, 5.41) is 15.9. The van der Waals surface area contributed by atoms with Gasteiger partial charge in [-0.15, -0.1) is 0 Å². The Morgan fingerprint density at radius 1 is 1.11 bits per heavy atom. The number of aliphatic carboxylic acids is 1. The number of nitrogens with one attached hydrogen (secondary N) is 2. The van der Waals surface area contributed by atoms with Gasteiger partial charge in [0, 0.05) is 18.8 Å². The summed E-state index contributed by atoms with van der Waals surface area (Å²) in [5.41, 5.74) is 2.00.